The molecule has 14 heterocycles. The van der Waals surface area contributed by atoms with Crippen molar-refractivity contribution in [3.05, 3.63) is 176 Å². The summed E-state index contributed by atoms with van der Waals surface area (Å²) in [5.74, 6) is -0.386. The lowest BCUT2D eigenvalue weighted by molar-refractivity contribution is -0.0543. The van der Waals surface area contributed by atoms with Crippen LogP contribution in [0.25, 0.3) is 22.3 Å². The number of thiol groups is 2. The minimum atomic E-state index is -4.83. The first kappa shape index (κ1) is 95.6. The highest BCUT2D eigenvalue weighted by molar-refractivity contribution is 8.45. The van der Waals surface area contributed by atoms with E-state index in [4.69, 9.17) is 141 Å². The lowest BCUT2D eigenvalue weighted by atomic mass is 10.1. The number of imidazole rings is 2. The van der Waals surface area contributed by atoms with Crippen LogP contribution in [0.2, 0.25) is 0 Å². The van der Waals surface area contributed by atoms with Crippen LogP contribution in [-0.2, 0) is 134 Å². The molecule has 0 bridgehead atoms. The first-order chi connectivity index (χ1) is 59.2. The minimum Gasteiger partial charge on any atom is -0.439 e. The molecule has 64 heteroatoms. The van der Waals surface area contributed by atoms with Gasteiger partial charge in [-0.1, -0.05) is 24.5 Å². The van der Waals surface area contributed by atoms with Gasteiger partial charge in [-0.3, -0.25) is 100 Å². The summed E-state index contributed by atoms with van der Waals surface area (Å²) < 4.78 is 129. The molecule has 23 atom stereocenters. The van der Waals surface area contributed by atoms with Gasteiger partial charge in [0.05, 0.1) is 76.4 Å². The van der Waals surface area contributed by atoms with Gasteiger partial charge in [0.15, 0.2) is 22.3 Å². The normalized spacial score (nSPS) is 28.7. The van der Waals surface area contributed by atoms with Crippen LogP contribution >= 0.6 is 64.9 Å². The molecule has 126 heavy (non-hydrogen) atoms. The number of nitrogens with zero attached hydrogens (tertiary/aromatic N) is 10. The standard InChI is InChI=1S/C62H81N19O33P6S6/c1-26-16-76(59(88)72-51(26)82)42-11-34(32(104-42)7-9-100-117(93,123)109-30-10-41(98-20-30)80-24-66-47-49(80)68-57(63)70-55(47)86)112-118(94,124)102-22-39-36(14-44(107-39)78-18-28(3)53(84)74-61(78)90)114-120(96,126)103-23-40-37(15-45(108-40)79-19-29(4)54(85)75-62(79)91)113-119(95,125)101-21-38-35(13-43(106-38)77-17-27(2)52(83)73-60(77)89)110-115(65,121)99-8-6-31-33(111-116(92,122)97-5)12-46(105-31)81-25-67-48-50(81)69-58(64)71-56(48)87/h6,8,16-19,24-25,30-46H,7,9-15,20-23H2,1-5H3,(H2,65,121)(H,92,122)(H,93,123)(H,94,124)(H,95,125)(H,96,126)(H,72,82,88)(H,73,83,89)(H,74,84,90)(H,75,85,91)(H3,63,68,70,86)(H3,64,69,71,87)/b8-6+/t30-,31?,32?,33-,34-,35-,36-,37-,38+,39+,40-,41+,42+,43?,44+,45+,46+,115?,116?,117?,118?,119?,120?/m0/s1. The summed E-state index contributed by atoms with van der Waals surface area (Å²) in [5, 5.41) is 9.19. The van der Waals surface area contributed by atoms with Gasteiger partial charge in [0.25, 0.3) is 33.4 Å². The van der Waals surface area contributed by atoms with Gasteiger partial charge in [0, 0.05) is 99.1 Å². The molecule has 0 aromatic carbocycles. The third-order valence-electron chi connectivity index (χ3n) is 20.3. The summed E-state index contributed by atoms with van der Waals surface area (Å²) in [6.07, 6.45) is -13.2. The van der Waals surface area contributed by atoms with Gasteiger partial charge >= 0.3 is 63.1 Å². The van der Waals surface area contributed by atoms with E-state index in [0.717, 1.165) is 37.8 Å². The average Bonchev–Trinajstić information content (AvgIpc) is 1.62. The van der Waals surface area contributed by atoms with Crippen molar-refractivity contribution < 1.29 is 107 Å². The van der Waals surface area contributed by atoms with E-state index in [1.54, 1.807) is 0 Å². The van der Waals surface area contributed by atoms with Crippen molar-refractivity contribution in [3.8, 4) is 0 Å². The van der Waals surface area contributed by atoms with Gasteiger partial charge < -0.3 is 105 Å². The SMILES string of the molecule is COP(O)(=S)O[C@H]1C[C@H](n2cnc3c(=O)[nH]c(N)nc32)OC1/C=C/OP(=N)(S)O[C@H]1CC(n2cc(C)c(=O)[nH]c2=O)O[C@@H]1COP(=O)(S)O[C@H]1C[C@H](n2cc(C)c(=O)[nH]c2=O)O[C@H]1COP(O)(=S)O[C@H]1C[C@H](n2cc(C)c(=O)[nH]c2=O)O[C@@H]1COP(O)(=S)O[C@H]1C[C@H](n2cc(C)c(=O)[nH]c2=O)OC1CCOP(O)(=S)O[C@@H]1CO[C@@H](n2cnc3c(=O)[nH]c(N)nc32)C1. The Bertz CT molecular complexity index is 6500. The number of hydrogen-bond donors (Lipinski definition) is 15. The van der Waals surface area contributed by atoms with E-state index < -0.39 is 234 Å². The van der Waals surface area contributed by atoms with Gasteiger partial charge in [-0.15, -0.1) is 0 Å². The number of aryl methyl sites for hydroxylation is 4. The zero-order valence-electron chi connectivity index (χ0n) is 65.9. The Balaban J connectivity index is 0.654. The highest BCUT2D eigenvalue weighted by Gasteiger charge is 2.49. The molecular weight excluding hydrogens is 1920 g/mol. The minimum absolute atomic E-state index is 0.00315. The smallest absolute Gasteiger partial charge is 0.386 e. The largest absolute Gasteiger partial charge is 0.439 e. The number of nitrogen functional groups attached to an aromatic ring is 2. The van der Waals surface area contributed by atoms with Crippen molar-refractivity contribution in [3.63, 3.8) is 0 Å². The maximum absolute atomic E-state index is 14.8. The van der Waals surface area contributed by atoms with E-state index in [9.17, 15) is 77.2 Å². The number of aromatic nitrogens is 16. The van der Waals surface area contributed by atoms with Crippen LogP contribution in [-0.4, -0.2) is 204 Å². The van der Waals surface area contributed by atoms with Crippen LogP contribution in [0.3, 0.4) is 0 Å². The van der Waals surface area contributed by atoms with E-state index in [0.29, 0.717) is 0 Å². The number of aromatic amines is 6. The Morgan fingerprint density at radius 1 is 0.484 bits per heavy atom. The van der Waals surface area contributed by atoms with E-state index in [1.165, 1.54) is 74.2 Å². The van der Waals surface area contributed by atoms with Crippen molar-refractivity contribution in [2.24, 2.45) is 0 Å². The number of nitrogens with two attached hydrogens (primary N) is 2. The van der Waals surface area contributed by atoms with Crippen LogP contribution in [0, 0.1) is 32.9 Å². The third-order valence-corrected chi connectivity index (χ3v) is 30.0. The third kappa shape index (κ3) is 22.6. The zero-order chi connectivity index (χ0) is 90.8. The molecule has 15 N–H and O–H groups in total. The predicted molar refractivity (Wildman–Crippen MR) is 458 cm³/mol. The van der Waals surface area contributed by atoms with Crippen LogP contribution in [0.1, 0.15) is 105 Å². The summed E-state index contributed by atoms with van der Waals surface area (Å²) >= 11 is 30.4. The monoisotopic (exact) mass is 2000 g/mol. The van der Waals surface area contributed by atoms with Crippen molar-refractivity contribution in [1.29, 1.82) is 5.16 Å². The summed E-state index contributed by atoms with van der Waals surface area (Å²) in [6, 6.07) is 0. The number of hydrogen-bond acceptors (Lipinski definition) is 40. The number of nitrogens with one attached hydrogen (secondary N) is 7. The fourth-order valence-electron chi connectivity index (χ4n) is 14.3. The highest BCUT2D eigenvalue weighted by Crippen LogP contribution is 2.61. The molecule has 8 aromatic heterocycles. The van der Waals surface area contributed by atoms with Gasteiger partial charge in [0.2, 0.25) is 11.9 Å². The molecule has 6 aliphatic rings. The van der Waals surface area contributed by atoms with Crippen molar-refractivity contribution in [2.45, 2.75) is 177 Å². The first-order valence-corrected chi connectivity index (χ1v) is 53.3. The molecule has 8 aromatic rings. The van der Waals surface area contributed by atoms with E-state index in [-0.39, 0.29) is 102 Å². The van der Waals surface area contributed by atoms with E-state index >= 15 is 0 Å². The van der Waals surface area contributed by atoms with Crippen molar-refractivity contribution in [1.82, 2.24) is 77.2 Å². The molecule has 52 nitrogen and oxygen atoms in total. The maximum Gasteiger partial charge on any atom is 0.386 e. The number of ether oxygens (including phenoxy) is 6. The number of rotatable bonds is 35. The van der Waals surface area contributed by atoms with Gasteiger partial charge in [-0.2, -0.15) is 9.97 Å². The zero-order valence-corrected chi connectivity index (χ0v) is 76.3. The molecule has 0 aliphatic carbocycles. The molecule has 6 saturated heterocycles. The van der Waals surface area contributed by atoms with Crippen LogP contribution in [0.4, 0.5) is 11.9 Å². The molecule has 6 fully saturated rings. The number of anilines is 2. The molecule has 9 unspecified atom stereocenters. The molecule has 6 aliphatic heterocycles. The predicted octanol–water partition coefficient (Wildman–Crippen LogP) is 1.51. The van der Waals surface area contributed by atoms with Crippen molar-refractivity contribution >= 4 is 146 Å². The molecule has 14 rings (SSSR count). The lowest BCUT2D eigenvalue weighted by Crippen LogP contribution is -2.33. The average molecular weight is 2000 g/mol. The highest BCUT2D eigenvalue weighted by atomic mass is 32.7. The topological polar surface area (TPSA) is 687 Å². The molecule has 0 amide bonds. The fraction of sp³-hybridized carbons (Fsp3) is 0.548. The van der Waals surface area contributed by atoms with Gasteiger partial charge in [-0.25, -0.2) is 33.7 Å². The molecule has 0 saturated carbocycles. The summed E-state index contributed by atoms with van der Waals surface area (Å²) in [6.45, 7) is -23.6. The van der Waals surface area contributed by atoms with E-state index in [2.05, 4.69) is 74.3 Å². The van der Waals surface area contributed by atoms with Crippen LogP contribution in [0.15, 0.2) is 97.7 Å². The fourth-order valence-corrected chi connectivity index (χ4v) is 22.7. The number of fused-ring (bicyclic) bond motifs is 2. The quantitative estimate of drug-likeness (QED) is 0.0152. The Hall–Kier alpha value is -6.52. The Morgan fingerprint density at radius 3 is 1.30 bits per heavy atom. The second kappa shape index (κ2) is 38.4. The number of H-pyrrole nitrogens is 6. The second-order valence-electron chi connectivity index (χ2n) is 29.2. The lowest BCUT2D eigenvalue weighted by Gasteiger charge is -2.28. The van der Waals surface area contributed by atoms with Crippen LogP contribution < -0.4 is 67.6 Å². The summed E-state index contributed by atoms with van der Waals surface area (Å²) in [7, 11) is 1.13. The first-order valence-electron chi connectivity index (χ1n) is 37.5. The molecular formula is C62H81N19O33P6S6. The Morgan fingerprint density at radius 2 is 0.857 bits per heavy atom. The second-order valence-corrected chi connectivity index (χ2v) is 46.4. The van der Waals surface area contributed by atoms with Crippen LogP contribution in [0.5, 0.6) is 0 Å². The summed E-state index contributed by atoms with van der Waals surface area (Å²) in [5.41, 5.74) is 4.13. The van der Waals surface area contributed by atoms with Crippen molar-refractivity contribution in [2.75, 3.05) is 51.6 Å². The van der Waals surface area contributed by atoms with Gasteiger partial charge in [-0.05, 0) is 81.0 Å². The van der Waals surface area contributed by atoms with E-state index in [1.807, 2.05) is 0 Å². The Labute approximate surface area is 736 Å². The summed E-state index contributed by atoms with van der Waals surface area (Å²) in [4.78, 5) is 205. The molecule has 0 radical (unpaired) electrons. The maximum atomic E-state index is 14.8. The Kier molecular flexibility index (Phi) is 29.1. The molecule has 0 spiro atoms. The van der Waals surface area contributed by atoms with Gasteiger partial charge in [0.1, 0.15) is 80.1 Å². The molecule has 688 valence electrons.